The van der Waals surface area contributed by atoms with Crippen molar-refractivity contribution < 1.29 is 9.90 Å². The standard InChI is InChI=1S/C25H41NO2/c1-2-3-4-5-6-7-8-9-10-11-12-13-14-15-16-17-18-22-21-23(27)19-20-24(22)25(26)28/h9-10,19-21,27H,2-8,11-18H2,1H3,(H2,26,28)/b10-9-. The van der Waals surface area contributed by atoms with Crippen molar-refractivity contribution in [3.8, 4) is 5.75 Å². The summed E-state index contributed by atoms with van der Waals surface area (Å²) in [5, 5.41) is 9.60. The Kier molecular flexibility index (Phi) is 14.0. The fraction of sp³-hybridized carbons (Fsp3) is 0.640. The van der Waals surface area contributed by atoms with Crippen LogP contribution in [0.3, 0.4) is 0 Å². The van der Waals surface area contributed by atoms with E-state index in [0.717, 1.165) is 24.8 Å². The molecule has 1 aromatic carbocycles. The van der Waals surface area contributed by atoms with Crippen LogP contribution in [0.25, 0.3) is 0 Å². The molecule has 1 rings (SSSR count). The van der Waals surface area contributed by atoms with E-state index >= 15 is 0 Å². The van der Waals surface area contributed by atoms with E-state index in [4.69, 9.17) is 5.73 Å². The van der Waals surface area contributed by atoms with Gasteiger partial charge in [0, 0.05) is 5.56 Å². The Morgan fingerprint density at radius 3 is 1.96 bits per heavy atom. The third kappa shape index (κ3) is 11.8. The van der Waals surface area contributed by atoms with Gasteiger partial charge in [-0.15, -0.1) is 0 Å². The van der Waals surface area contributed by atoms with Gasteiger partial charge in [0.15, 0.2) is 0 Å². The number of carbonyl (C=O) groups excluding carboxylic acids is 1. The molecule has 0 radical (unpaired) electrons. The number of hydrogen-bond donors (Lipinski definition) is 2. The molecule has 0 fully saturated rings. The first-order chi connectivity index (χ1) is 13.6. The fourth-order valence-corrected chi connectivity index (χ4v) is 3.59. The SMILES string of the molecule is CCCCCCCC/C=C\CCCCCCCCc1cc(O)ccc1C(N)=O. The molecule has 0 aliphatic heterocycles. The van der Waals surface area contributed by atoms with Gasteiger partial charge >= 0.3 is 0 Å². The van der Waals surface area contributed by atoms with Gasteiger partial charge in [0.05, 0.1) is 0 Å². The Morgan fingerprint density at radius 2 is 1.39 bits per heavy atom. The molecule has 1 aromatic rings. The smallest absolute Gasteiger partial charge is 0.248 e. The fourth-order valence-electron chi connectivity index (χ4n) is 3.59. The van der Waals surface area contributed by atoms with Crippen LogP contribution in [0.1, 0.15) is 113 Å². The number of primary amides is 1. The lowest BCUT2D eigenvalue weighted by Crippen LogP contribution is -2.13. The highest BCUT2D eigenvalue weighted by Crippen LogP contribution is 2.19. The molecule has 0 aliphatic rings. The lowest BCUT2D eigenvalue weighted by Gasteiger charge is -2.07. The van der Waals surface area contributed by atoms with Crippen LogP contribution < -0.4 is 5.73 Å². The summed E-state index contributed by atoms with van der Waals surface area (Å²) in [6.45, 7) is 2.26. The van der Waals surface area contributed by atoms with Gasteiger partial charge in [-0.3, -0.25) is 4.79 Å². The van der Waals surface area contributed by atoms with Crippen molar-refractivity contribution >= 4 is 5.91 Å². The molecule has 3 nitrogen and oxygen atoms in total. The Labute approximate surface area is 172 Å². The average Bonchev–Trinajstić information content (AvgIpc) is 2.67. The van der Waals surface area contributed by atoms with Gasteiger partial charge in [0.25, 0.3) is 0 Å². The topological polar surface area (TPSA) is 63.3 Å². The molecule has 0 heterocycles. The first-order valence-electron chi connectivity index (χ1n) is 11.4. The Hall–Kier alpha value is -1.77. The number of phenols is 1. The van der Waals surface area contributed by atoms with E-state index in [1.807, 2.05) is 0 Å². The largest absolute Gasteiger partial charge is 0.508 e. The van der Waals surface area contributed by atoms with Gasteiger partial charge in [-0.05, 0) is 62.3 Å². The molecule has 0 spiro atoms. The summed E-state index contributed by atoms with van der Waals surface area (Å²) in [5.74, 6) is -0.218. The number of amides is 1. The maximum Gasteiger partial charge on any atom is 0.248 e. The van der Waals surface area contributed by atoms with E-state index in [2.05, 4.69) is 19.1 Å². The van der Waals surface area contributed by atoms with Crippen LogP contribution in [0.15, 0.2) is 30.4 Å². The molecule has 3 heteroatoms. The van der Waals surface area contributed by atoms with Crippen LogP contribution in [0.5, 0.6) is 5.75 Å². The lowest BCUT2D eigenvalue weighted by atomic mass is 9.99. The highest BCUT2D eigenvalue weighted by molar-refractivity contribution is 5.94. The van der Waals surface area contributed by atoms with Crippen LogP contribution in [0.2, 0.25) is 0 Å². The number of allylic oxidation sites excluding steroid dienone is 2. The lowest BCUT2D eigenvalue weighted by molar-refractivity contribution is 0.0999. The van der Waals surface area contributed by atoms with Crippen molar-refractivity contribution in [2.45, 2.75) is 103 Å². The molecule has 0 saturated heterocycles. The predicted molar refractivity (Wildman–Crippen MR) is 120 cm³/mol. The van der Waals surface area contributed by atoms with Crippen LogP contribution in [-0.2, 0) is 6.42 Å². The van der Waals surface area contributed by atoms with Crippen LogP contribution in [0, 0.1) is 0 Å². The van der Waals surface area contributed by atoms with Crippen LogP contribution in [-0.4, -0.2) is 11.0 Å². The number of rotatable bonds is 17. The number of carbonyl (C=O) groups is 1. The van der Waals surface area contributed by atoms with Crippen molar-refractivity contribution in [3.05, 3.63) is 41.5 Å². The minimum atomic E-state index is -0.417. The highest BCUT2D eigenvalue weighted by Gasteiger charge is 2.08. The molecule has 0 unspecified atom stereocenters. The molecule has 28 heavy (non-hydrogen) atoms. The maximum absolute atomic E-state index is 11.4. The van der Waals surface area contributed by atoms with Gasteiger partial charge in [-0.1, -0.05) is 76.9 Å². The van der Waals surface area contributed by atoms with E-state index in [9.17, 15) is 9.90 Å². The number of aryl methyl sites for hydroxylation is 1. The number of unbranched alkanes of at least 4 members (excludes halogenated alkanes) is 12. The minimum absolute atomic E-state index is 0.199. The summed E-state index contributed by atoms with van der Waals surface area (Å²) in [6.07, 6.45) is 23.5. The molecule has 158 valence electrons. The number of benzene rings is 1. The number of hydrogen-bond acceptors (Lipinski definition) is 2. The van der Waals surface area contributed by atoms with Crippen molar-refractivity contribution in [2.24, 2.45) is 5.73 Å². The molecular formula is C25H41NO2. The third-order valence-corrected chi connectivity index (χ3v) is 5.31. The molecule has 3 N–H and O–H groups in total. The summed E-state index contributed by atoms with van der Waals surface area (Å²) in [6, 6.07) is 4.80. The molecule has 0 bridgehead atoms. The van der Waals surface area contributed by atoms with Crippen molar-refractivity contribution in [1.82, 2.24) is 0 Å². The van der Waals surface area contributed by atoms with Crippen LogP contribution >= 0.6 is 0 Å². The highest BCUT2D eigenvalue weighted by atomic mass is 16.3. The molecular weight excluding hydrogens is 346 g/mol. The number of aromatic hydroxyl groups is 1. The van der Waals surface area contributed by atoms with Gasteiger partial charge in [0.1, 0.15) is 5.75 Å². The van der Waals surface area contributed by atoms with Gasteiger partial charge in [-0.25, -0.2) is 0 Å². The van der Waals surface area contributed by atoms with Crippen molar-refractivity contribution in [2.75, 3.05) is 0 Å². The van der Waals surface area contributed by atoms with Crippen molar-refractivity contribution in [3.63, 3.8) is 0 Å². The Morgan fingerprint density at radius 1 is 0.857 bits per heavy atom. The molecule has 1 amide bonds. The number of phenolic OH excluding ortho intramolecular Hbond substituents is 1. The van der Waals surface area contributed by atoms with Crippen LogP contribution in [0.4, 0.5) is 0 Å². The van der Waals surface area contributed by atoms with E-state index in [0.29, 0.717) is 5.56 Å². The van der Waals surface area contributed by atoms with Crippen molar-refractivity contribution in [1.29, 1.82) is 0 Å². The summed E-state index contributed by atoms with van der Waals surface area (Å²) in [7, 11) is 0. The number of nitrogens with two attached hydrogens (primary N) is 1. The Bertz CT molecular complexity index is 566. The first-order valence-corrected chi connectivity index (χ1v) is 11.4. The predicted octanol–water partition coefficient (Wildman–Crippen LogP) is 7.07. The molecule has 0 saturated carbocycles. The normalized spacial score (nSPS) is 11.3. The summed E-state index contributed by atoms with van der Waals surface area (Å²) < 4.78 is 0. The second-order valence-electron chi connectivity index (χ2n) is 7.89. The maximum atomic E-state index is 11.4. The Balaban J connectivity index is 1.96. The third-order valence-electron chi connectivity index (χ3n) is 5.31. The monoisotopic (exact) mass is 387 g/mol. The first kappa shape index (κ1) is 24.3. The molecule has 0 aromatic heterocycles. The second-order valence-corrected chi connectivity index (χ2v) is 7.89. The minimum Gasteiger partial charge on any atom is -0.508 e. The van der Waals surface area contributed by atoms with E-state index in [1.54, 1.807) is 12.1 Å². The second kappa shape index (κ2) is 16.2. The van der Waals surface area contributed by atoms with E-state index < -0.39 is 5.91 Å². The van der Waals surface area contributed by atoms with Gasteiger partial charge in [-0.2, -0.15) is 0 Å². The van der Waals surface area contributed by atoms with E-state index in [1.165, 1.54) is 83.1 Å². The average molecular weight is 388 g/mol. The molecule has 0 atom stereocenters. The van der Waals surface area contributed by atoms with Gasteiger partial charge < -0.3 is 10.8 Å². The summed E-state index contributed by atoms with van der Waals surface area (Å²) in [4.78, 5) is 11.4. The molecule has 0 aliphatic carbocycles. The zero-order chi connectivity index (χ0) is 20.5. The zero-order valence-electron chi connectivity index (χ0n) is 17.9. The summed E-state index contributed by atoms with van der Waals surface area (Å²) in [5.41, 5.74) is 6.80. The summed E-state index contributed by atoms with van der Waals surface area (Å²) >= 11 is 0. The van der Waals surface area contributed by atoms with Gasteiger partial charge in [0.2, 0.25) is 5.91 Å². The van der Waals surface area contributed by atoms with E-state index in [-0.39, 0.29) is 5.75 Å². The quantitative estimate of drug-likeness (QED) is 0.222. The zero-order valence-corrected chi connectivity index (χ0v) is 17.9.